The lowest BCUT2D eigenvalue weighted by molar-refractivity contribution is -0.141. The zero-order chi connectivity index (χ0) is 28.7. The second-order valence-corrected chi connectivity index (χ2v) is 12.1. The number of carbonyl (C=O) groups excluding carboxylic acids is 3. The SMILES string of the molecule is CC(C)(C)[C@H](CC(=O)c1cc2ccccc2[nH]1)C(=O)N1C[C@@H]2C[C@H]1CN2C(=O)c1ccc(Oc2ccccc2)cn1. The summed E-state index contributed by atoms with van der Waals surface area (Å²) in [5, 5.41) is 0.976. The van der Waals surface area contributed by atoms with Crippen molar-refractivity contribution >= 4 is 28.5 Å². The number of benzene rings is 2. The number of nitrogens with one attached hydrogen (secondary N) is 1. The Morgan fingerprint density at radius 1 is 0.927 bits per heavy atom. The molecule has 2 aliphatic rings. The van der Waals surface area contributed by atoms with Crippen molar-refractivity contribution in [3.05, 3.63) is 90.4 Å². The highest BCUT2D eigenvalue weighted by Gasteiger charge is 2.50. The Kier molecular flexibility index (Phi) is 6.85. The summed E-state index contributed by atoms with van der Waals surface area (Å²) in [4.78, 5) is 51.8. The number of pyridine rings is 1. The lowest BCUT2D eigenvalue weighted by Crippen LogP contribution is -2.53. The van der Waals surface area contributed by atoms with Crippen LogP contribution >= 0.6 is 0 Å². The highest BCUT2D eigenvalue weighted by atomic mass is 16.5. The van der Waals surface area contributed by atoms with Crippen molar-refractivity contribution < 1.29 is 19.1 Å². The maximum absolute atomic E-state index is 13.9. The van der Waals surface area contributed by atoms with Crippen LogP contribution in [0.15, 0.2) is 79.0 Å². The highest BCUT2D eigenvalue weighted by Crippen LogP contribution is 2.38. The molecule has 210 valence electrons. The van der Waals surface area contributed by atoms with Crippen LogP contribution < -0.4 is 4.74 Å². The zero-order valence-electron chi connectivity index (χ0n) is 23.5. The van der Waals surface area contributed by atoms with Gasteiger partial charge in [-0.2, -0.15) is 0 Å². The molecular formula is C33H34N4O4. The minimum absolute atomic E-state index is 0.0119. The Morgan fingerprint density at radius 3 is 2.29 bits per heavy atom. The number of ketones is 1. The summed E-state index contributed by atoms with van der Waals surface area (Å²) in [6.07, 6.45) is 2.43. The number of likely N-dealkylation sites (tertiary alicyclic amines) is 2. The maximum Gasteiger partial charge on any atom is 0.272 e. The molecule has 0 radical (unpaired) electrons. The zero-order valence-corrected chi connectivity index (χ0v) is 23.5. The molecule has 8 heteroatoms. The van der Waals surface area contributed by atoms with Gasteiger partial charge in [-0.05, 0) is 48.2 Å². The quantitative estimate of drug-likeness (QED) is 0.297. The van der Waals surface area contributed by atoms with Crippen LogP contribution in [0.5, 0.6) is 11.5 Å². The predicted molar refractivity (Wildman–Crippen MR) is 156 cm³/mol. The van der Waals surface area contributed by atoms with E-state index in [4.69, 9.17) is 4.74 Å². The molecule has 0 saturated carbocycles. The van der Waals surface area contributed by atoms with Gasteiger partial charge in [-0.3, -0.25) is 14.4 Å². The number of piperazine rings is 1. The largest absolute Gasteiger partial charge is 0.456 e. The van der Waals surface area contributed by atoms with Crippen LogP contribution in [0.1, 0.15) is 54.6 Å². The monoisotopic (exact) mass is 550 g/mol. The van der Waals surface area contributed by atoms with Gasteiger partial charge in [0.25, 0.3) is 5.91 Å². The molecule has 8 nitrogen and oxygen atoms in total. The number of aromatic amines is 1. The van der Waals surface area contributed by atoms with Gasteiger partial charge in [0, 0.05) is 30.4 Å². The van der Waals surface area contributed by atoms with E-state index in [2.05, 4.69) is 9.97 Å². The van der Waals surface area contributed by atoms with E-state index in [1.165, 1.54) is 0 Å². The number of rotatable bonds is 7. The molecule has 2 aromatic carbocycles. The Hall–Kier alpha value is -4.46. The third kappa shape index (κ3) is 5.34. The molecule has 4 aromatic rings. The third-order valence-electron chi connectivity index (χ3n) is 8.28. The van der Waals surface area contributed by atoms with Crippen LogP contribution in [0, 0.1) is 11.3 Å². The van der Waals surface area contributed by atoms with Crippen LogP contribution in [0.3, 0.4) is 0 Å². The van der Waals surface area contributed by atoms with E-state index >= 15 is 0 Å². The number of fused-ring (bicyclic) bond motifs is 3. The van der Waals surface area contributed by atoms with E-state index in [9.17, 15) is 14.4 Å². The number of hydrogen-bond donors (Lipinski definition) is 1. The highest BCUT2D eigenvalue weighted by molar-refractivity contribution is 6.01. The first-order valence-electron chi connectivity index (χ1n) is 14.1. The summed E-state index contributed by atoms with van der Waals surface area (Å²) in [6.45, 7) is 6.96. The maximum atomic E-state index is 13.9. The fourth-order valence-electron chi connectivity index (χ4n) is 6.01. The molecule has 2 aliphatic heterocycles. The van der Waals surface area contributed by atoms with Crippen molar-refractivity contribution in [2.24, 2.45) is 11.3 Å². The van der Waals surface area contributed by atoms with Crippen molar-refractivity contribution in [1.82, 2.24) is 19.8 Å². The van der Waals surface area contributed by atoms with Crippen LogP contribution in [-0.2, 0) is 4.79 Å². The number of carbonyl (C=O) groups is 3. The molecule has 2 amide bonds. The summed E-state index contributed by atoms with van der Waals surface area (Å²) < 4.78 is 5.79. The molecule has 1 N–H and O–H groups in total. The van der Waals surface area contributed by atoms with Gasteiger partial charge in [0.1, 0.15) is 17.2 Å². The molecule has 6 rings (SSSR count). The molecule has 0 aliphatic carbocycles. The number of amides is 2. The summed E-state index contributed by atoms with van der Waals surface area (Å²) in [6, 6.07) is 22.3. The smallest absolute Gasteiger partial charge is 0.272 e. The molecule has 0 spiro atoms. The van der Waals surface area contributed by atoms with Crippen molar-refractivity contribution in [3.8, 4) is 11.5 Å². The molecular weight excluding hydrogens is 516 g/mol. The van der Waals surface area contributed by atoms with Crippen LogP contribution in [0.25, 0.3) is 10.9 Å². The second-order valence-electron chi connectivity index (χ2n) is 12.1. The van der Waals surface area contributed by atoms with Gasteiger partial charge in [-0.25, -0.2) is 4.98 Å². The number of hydrogen-bond acceptors (Lipinski definition) is 5. The fourth-order valence-corrected chi connectivity index (χ4v) is 6.01. The van der Waals surface area contributed by atoms with Gasteiger partial charge in [0.15, 0.2) is 5.78 Å². The average Bonchev–Trinajstić information content (AvgIpc) is 3.70. The van der Waals surface area contributed by atoms with Gasteiger partial charge in [0.2, 0.25) is 5.91 Å². The van der Waals surface area contributed by atoms with Gasteiger partial charge < -0.3 is 19.5 Å². The Bertz CT molecular complexity index is 1560. The van der Waals surface area contributed by atoms with E-state index in [1.807, 2.05) is 91.2 Å². The van der Waals surface area contributed by atoms with E-state index in [-0.39, 0.29) is 36.1 Å². The predicted octanol–water partition coefficient (Wildman–Crippen LogP) is 5.72. The molecule has 2 saturated heterocycles. The number of Topliss-reactive ketones (excluding diaryl/α,β-unsaturated/α-hetero) is 1. The Balaban J connectivity index is 1.11. The van der Waals surface area contributed by atoms with Crippen LogP contribution in [0.2, 0.25) is 0 Å². The molecule has 2 aromatic heterocycles. The Labute approximate surface area is 239 Å². The minimum Gasteiger partial charge on any atom is -0.456 e. The first-order valence-corrected chi connectivity index (χ1v) is 14.1. The van der Waals surface area contributed by atoms with Crippen LogP contribution in [-0.4, -0.2) is 62.5 Å². The number of nitrogens with zero attached hydrogens (tertiary/aromatic N) is 3. The average molecular weight is 551 g/mol. The fraction of sp³-hybridized carbons (Fsp3) is 0.333. The molecule has 4 heterocycles. The number of para-hydroxylation sites is 2. The van der Waals surface area contributed by atoms with Gasteiger partial charge in [0.05, 0.1) is 29.9 Å². The minimum atomic E-state index is -0.469. The first-order chi connectivity index (χ1) is 19.7. The van der Waals surface area contributed by atoms with E-state index in [0.717, 1.165) is 17.3 Å². The van der Waals surface area contributed by atoms with E-state index in [0.29, 0.717) is 36.0 Å². The molecule has 2 fully saturated rings. The van der Waals surface area contributed by atoms with Gasteiger partial charge in [-0.1, -0.05) is 57.2 Å². The normalized spacial score (nSPS) is 19.0. The van der Waals surface area contributed by atoms with Crippen molar-refractivity contribution in [2.45, 2.75) is 45.7 Å². The van der Waals surface area contributed by atoms with Crippen molar-refractivity contribution in [2.75, 3.05) is 13.1 Å². The van der Waals surface area contributed by atoms with E-state index in [1.54, 1.807) is 18.3 Å². The Morgan fingerprint density at radius 2 is 1.63 bits per heavy atom. The van der Waals surface area contributed by atoms with Crippen molar-refractivity contribution in [1.29, 1.82) is 0 Å². The summed E-state index contributed by atoms with van der Waals surface area (Å²) in [7, 11) is 0. The summed E-state index contributed by atoms with van der Waals surface area (Å²) in [5.41, 5.74) is 1.39. The first kappa shape index (κ1) is 26.7. The second kappa shape index (κ2) is 10.5. The van der Waals surface area contributed by atoms with E-state index < -0.39 is 11.3 Å². The number of H-pyrrole nitrogens is 1. The van der Waals surface area contributed by atoms with Crippen molar-refractivity contribution in [3.63, 3.8) is 0 Å². The van der Waals surface area contributed by atoms with Gasteiger partial charge in [-0.15, -0.1) is 0 Å². The number of aromatic nitrogens is 2. The molecule has 41 heavy (non-hydrogen) atoms. The number of ether oxygens (including phenoxy) is 1. The standard InChI is InChI=1S/C33H34N4O4/c1-33(2,3)26(17-30(38)29-15-21-9-7-8-12-27(21)35-29)31(39)36-19-23-16-22(36)20-37(23)32(40)28-14-13-25(18-34-28)41-24-10-5-4-6-11-24/h4-15,18,22-23,26,35H,16-17,19-20H2,1-3H3/t22-,23-,26+/m0/s1. The lowest BCUT2D eigenvalue weighted by atomic mass is 9.76. The third-order valence-corrected chi connectivity index (χ3v) is 8.28. The summed E-state index contributed by atoms with van der Waals surface area (Å²) >= 11 is 0. The topological polar surface area (TPSA) is 95.6 Å². The van der Waals surface area contributed by atoms with Crippen LogP contribution in [0.4, 0.5) is 0 Å². The summed E-state index contributed by atoms with van der Waals surface area (Å²) in [5.74, 6) is 0.568. The molecule has 0 unspecified atom stereocenters. The molecule has 3 atom stereocenters. The molecule has 2 bridgehead atoms. The lowest BCUT2D eigenvalue weighted by Gasteiger charge is -2.39. The van der Waals surface area contributed by atoms with Gasteiger partial charge >= 0.3 is 0 Å².